The zero-order chi connectivity index (χ0) is 12.4. The Kier molecular flexibility index (Phi) is 3.48. The molecule has 0 amide bonds. The van der Waals surface area contributed by atoms with Crippen LogP contribution in [0.1, 0.15) is 30.4 Å². The highest BCUT2D eigenvalue weighted by Crippen LogP contribution is 2.30. The van der Waals surface area contributed by atoms with E-state index < -0.39 is 0 Å². The first-order valence-electron chi connectivity index (χ1n) is 7.04. The van der Waals surface area contributed by atoms with Gasteiger partial charge in [-0.1, -0.05) is 36.9 Å². The SMILES string of the molecule is C=Cc1ccc(CNC2CC3CCN2CC3)cc1. The standard InChI is InChI=1S/C16H22N2/c1-2-13-3-5-15(6-4-13)12-17-16-11-14-7-9-18(16)10-8-14/h2-6,14,16-17H,1,7-12H2. The third kappa shape index (κ3) is 2.50. The lowest BCUT2D eigenvalue weighted by atomic mass is 9.86. The third-order valence-corrected chi connectivity index (χ3v) is 4.40. The molecule has 1 unspecified atom stereocenters. The molecule has 2 nitrogen and oxygen atoms in total. The molecule has 0 radical (unpaired) electrons. The van der Waals surface area contributed by atoms with Gasteiger partial charge in [-0.05, 0) is 49.4 Å². The first-order chi connectivity index (χ1) is 8.85. The highest BCUT2D eigenvalue weighted by molar-refractivity contribution is 5.47. The lowest BCUT2D eigenvalue weighted by Crippen LogP contribution is -2.54. The van der Waals surface area contributed by atoms with Crippen LogP contribution in [-0.2, 0) is 6.54 Å². The Hall–Kier alpha value is -1.12. The van der Waals surface area contributed by atoms with Gasteiger partial charge in [0.05, 0.1) is 6.17 Å². The van der Waals surface area contributed by atoms with E-state index in [9.17, 15) is 0 Å². The van der Waals surface area contributed by atoms with E-state index in [0.717, 1.165) is 12.5 Å². The maximum absolute atomic E-state index is 3.78. The largest absolute Gasteiger partial charge is 0.298 e. The van der Waals surface area contributed by atoms with Crippen molar-refractivity contribution in [2.45, 2.75) is 32.0 Å². The van der Waals surface area contributed by atoms with E-state index >= 15 is 0 Å². The van der Waals surface area contributed by atoms with Crippen molar-refractivity contribution in [3.8, 4) is 0 Å². The van der Waals surface area contributed by atoms with Crippen LogP contribution < -0.4 is 5.32 Å². The first-order valence-corrected chi connectivity index (χ1v) is 7.04. The van der Waals surface area contributed by atoms with Crippen LogP contribution in [0.15, 0.2) is 30.8 Å². The van der Waals surface area contributed by atoms with Crippen molar-refractivity contribution in [1.29, 1.82) is 0 Å². The molecule has 0 aromatic heterocycles. The fraction of sp³-hybridized carbons (Fsp3) is 0.500. The van der Waals surface area contributed by atoms with Crippen LogP contribution in [0.25, 0.3) is 6.08 Å². The molecule has 96 valence electrons. The second-order valence-corrected chi connectivity index (χ2v) is 5.56. The Morgan fingerprint density at radius 1 is 1.22 bits per heavy atom. The molecule has 3 aliphatic rings. The van der Waals surface area contributed by atoms with Crippen molar-refractivity contribution >= 4 is 6.08 Å². The molecule has 1 atom stereocenters. The Morgan fingerprint density at radius 2 is 1.94 bits per heavy atom. The van der Waals surface area contributed by atoms with Gasteiger partial charge >= 0.3 is 0 Å². The first kappa shape index (κ1) is 11.9. The summed E-state index contributed by atoms with van der Waals surface area (Å²) in [5.74, 6) is 0.968. The number of fused-ring (bicyclic) bond motifs is 3. The van der Waals surface area contributed by atoms with Crippen molar-refractivity contribution in [2.24, 2.45) is 5.92 Å². The molecule has 3 aliphatic heterocycles. The van der Waals surface area contributed by atoms with Gasteiger partial charge in [0, 0.05) is 6.54 Å². The molecule has 2 heteroatoms. The summed E-state index contributed by atoms with van der Waals surface area (Å²) in [7, 11) is 0. The number of nitrogens with zero attached hydrogens (tertiary/aromatic N) is 1. The third-order valence-electron chi connectivity index (χ3n) is 4.40. The Balaban J connectivity index is 1.55. The van der Waals surface area contributed by atoms with Gasteiger partial charge in [-0.25, -0.2) is 0 Å². The van der Waals surface area contributed by atoms with Crippen LogP contribution in [0.5, 0.6) is 0 Å². The molecule has 0 aliphatic carbocycles. The number of nitrogens with one attached hydrogen (secondary N) is 1. The van der Waals surface area contributed by atoms with Crippen LogP contribution in [0.4, 0.5) is 0 Å². The molecule has 3 saturated heterocycles. The van der Waals surface area contributed by atoms with E-state index in [1.54, 1.807) is 0 Å². The summed E-state index contributed by atoms with van der Waals surface area (Å²) in [6.45, 7) is 7.34. The summed E-state index contributed by atoms with van der Waals surface area (Å²) in [5.41, 5.74) is 2.56. The van der Waals surface area contributed by atoms with E-state index in [1.807, 2.05) is 6.08 Å². The number of piperidine rings is 3. The Morgan fingerprint density at radius 3 is 2.50 bits per heavy atom. The lowest BCUT2D eigenvalue weighted by Gasteiger charge is -2.45. The lowest BCUT2D eigenvalue weighted by molar-refractivity contribution is 0.0303. The Bertz CT molecular complexity index is 402. The summed E-state index contributed by atoms with van der Waals surface area (Å²) >= 11 is 0. The van der Waals surface area contributed by atoms with Gasteiger partial charge in [-0.3, -0.25) is 10.2 Å². The van der Waals surface area contributed by atoms with E-state index in [0.29, 0.717) is 6.17 Å². The van der Waals surface area contributed by atoms with Gasteiger partial charge in [0.15, 0.2) is 0 Å². The highest BCUT2D eigenvalue weighted by Gasteiger charge is 2.32. The number of rotatable bonds is 4. The monoisotopic (exact) mass is 242 g/mol. The average Bonchev–Trinajstić information content (AvgIpc) is 2.47. The molecule has 1 aromatic carbocycles. The van der Waals surface area contributed by atoms with Crippen LogP contribution in [0, 0.1) is 5.92 Å². The summed E-state index contributed by atoms with van der Waals surface area (Å²) in [6.07, 6.45) is 6.66. The van der Waals surface area contributed by atoms with Gasteiger partial charge in [-0.15, -0.1) is 0 Å². The average molecular weight is 242 g/mol. The maximum Gasteiger partial charge on any atom is 0.0602 e. The normalized spacial score (nSPS) is 30.3. The van der Waals surface area contributed by atoms with Crippen molar-refractivity contribution in [2.75, 3.05) is 13.1 Å². The predicted octanol–water partition coefficient (Wildman–Crippen LogP) is 2.86. The number of benzene rings is 1. The van der Waals surface area contributed by atoms with Gasteiger partial charge in [0.2, 0.25) is 0 Å². The molecule has 3 fully saturated rings. The van der Waals surface area contributed by atoms with Crippen molar-refractivity contribution in [1.82, 2.24) is 10.2 Å². The van der Waals surface area contributed by atoms with E-state index in [4.69, 9.17) is 0 Å². The van der Waals surface area contributed by atoms with Crippen molar-refractivity contribution in [3.05, 3.63) is 42.0 Å². The zero-order valence-corrected chi connectivity index (χ0v) is 10.9. The molecule has 1 N–H and O–H groups in total. The smallest absolute Gasteiger partial charge is 0.0602 e. The van der Waals surface area contributed by atoms with Crippen LogP contribution in [0.2, 0.25) is 0 Å². The van der Waals surface area contributed by atoms with Crippen LogP contribution in [0.3, 0.4) is 0 Å². The predicted molar refractivity (Wildman–Crippen MR) is 76.1 cm³/mol. The van der Waals surface area contributed by atoms with Crippen LogP contribution in [-0.4, -0.2) is 24.2 Å². The minimum absolute atomic E-state index is 0.608. The summed E-state index contributed by atoms with van der Waals surface area (Å²) in [4.78, 5) is 2.61. The van der Waals surface area contributed by atoms with E-state index in [2.05, 4.69) is 41.1 Å². The fourth-order valence-corrected chi connectivity index (χ4v) is 3.18. The molecule has 0 spiro atoms. The molecule has 18 heavy (non-hydrogen) atoms. The van der Waals surface area contributed by atoms with Gasteiger partial charge < -0.3 is 0 Å². The number of hydrogen-bond donors (Lipinski definition) is 1. The van der Waals surface area contributed by atoms with E-state index in [-0.39, 0.29) is 0 Å². The topological polar surface area (TPSA) is 15.3 Å². The summed E-state index contributed by atoms with van der Waals surface area (Å²) in [5, 5.41) is 3.71. The summed E-state index contributed by atoms with van der Waals surface area (Å²) in [6, 6.07) is 8.66. The zero-order valence-electron chi connectivity index (χ0n) is 10.9. The molecular weight excluding hydrogens is 220 g/mol. The molecule has 2 bridgehead atoms. The van der Waals surface area contributed by atoms with Gasteiger partial charge in [0.1, 0.15) is 0 Å². The quantitative estimate of drug-likeness (QED) is 0.873. The summed E-state index contributed by atoms with van der Waals surface area (Å²) < 4.78 is 0. The Labute approximate surface area is 110 Å². The minimum Gasteiger partial charge on any atom is -0.298 e. The second-order valence-electron chi connectivity index (χ2n) is 5.56. The van der Waals surface area contributed by atoms with Gasteiger partial charge in [-0.2, -0.15) is 0 Å². The molecule has 1 aromatic rings. The number of hydrogen-bond acceptors (Lipinski definition) is 2. The van der Waals surface area contributed by atoms with Crippen LogP contribution >= 0.6 is 0 Å². The molecular formula is C16H22N2. The molecule has 4 rings (SSSR count). The molecule has 0 saturated carbocycles. The van der Waals surface area contributed by atoms with Crippen molar-refractivity contribution < 1.29 is 0 Å². The van der Waals surface area contributed by atoms with Gasteiger partial charge in [0.25, 0.3) is 0 Å². The highest BCUT2D eigenvalue weighted by atomic mass is 15.3. The van der Waals surface area contributed by atoms with E-state index in [1.165, 1.54) is 43.5 Å². The fourth-order valence-electron chi connectivity index (χ4n) is 3.18. The van der Waals surface area contributed by atoms with Crippen molar-refractivity contribution in [3.63, 3.8) is 0 Å². The second kappa shape index (κ2) is 5.25. The maximum atomic E-state index is 3.78. The molecule has 3 heterocycles. The minimum atomic E-state index is 0.608.